The zero-order valence-electron chi connectivity index (χ0n) is 17.8. The Kier molecular flexibility index (Phi) is 5.54. The Morgan fingerprint density at radius 2 is 1.00 bits per heavy atom. The molecule has 30 heavy (non-hydrogen) atoms. The lowest BCUT2D eigenvalue weighted by atomic mass is 9.94. The van der Waals surface area contributed by atoms with Gasteiger partial charge in [-0.3, -0.25) is 0 Å². The van der Waals surface area contributed by atoms with Crippen molar-refractivity contribution in [2.75, 3.05) is 5.73 Å². The van der Waals surface area contributed by atoms with Gasteiger partial charge in [-0.15, -0.1) is 0 Å². The van der Waals surface area contributed by atoms with Crippen LogP contribution in [0.15, 0.2) is 97.1 Å². The van der Waals surface area contributed by atoms with Crippen LogP contribution < -0.4 is 5.73 Å². The molecule has 0 aromatic heterocycles. The van der Waals surface area contributed by atoms with Gasteiger partial charge in [0.15, 0.2) is 0 Å². The number of hydrogen-bond acceptors (Lipinski definition) is 1. The Hall–Kier alpha value is -3.58. The van der Waals surface area contributed by atoms with Crippen molar-refractivity contribution in [1.82, 2.24) is 0 Å². The van der Waals surface area contributed by atoms with Gasteiger partial charge in [0.2, 0.25) is 0 Å². The minimum absolute atomic E-state index is 0.823. The molecule has 0 atom stereocenters. The average molecular weight is 390 g/mol. The van der Waals surface area contributed by atoms with E-state index in [9.17, 15) is 0 Å². The number of para-hydroxylation sites is 1. The highest BCUT2D eigenvalue weighted by Crippen LogP contribution is 2.36. The molecule has 0 saturated carbocycles. The Balaban J connectivity index is 0.00000106. The third-order valence-corrected chi connectivity index (χ3v) is 5.47. The van der Waals surface area contributed by atoms with E-state index in [1.807, 2.05) is 13.8 Å². The van der Waals surface area contributed by atoms with E-state index in [1.54, 1.807) is 0 Å². The molecule has 2 N–H and O–H groups in total. The first-order chi connectivity index (χ1) is 14.7. The van der Waals surface area contributed by atoms with Gasteiger partial charge in [-0.25, -0.2) is 0 Å². The van der Waals surface area contributed by atoms with Gasteiger partial charge in [0.05, 0.1) is 0 Å². The maximum Gasteiger partial charge on any atom is 0.0473 e. The summed E-state index contributed by atoms with van der Waals surface area (Å²) in [5.41, 5.74) is 13.2. The molecule has 0 radical (unpaired) electrons. The fraction of sp³-hybridized carbons (Fsp3) is 0.103. The minimum Gasteiger partial charge on any atom is -0.398 e. The first kappa shape index (κ1) is 19.7. The molecule has 1 heteroatoms. The van der Waals surface area contributed by atoms with Crippen LogP contribution in [0.1, 0.15) is 19.4 Å². The van der Waals surface area contributed by atoms with Crippen molar-refractivity contribution in [2.45, 2.75) is 20.8 Å². The SMILES string of the molecule is CC.Cc1ccc2cc(-c3cccc(-c4ccc5ccccc5c4)c3N)ccc2c1. The van der Waals surface area contributed by atoms with Crippen molar-refractivity contribution in [2.24, 2.45) is 0 Å². The minimum atomic E-state index is 0.823. The van der Waals surface area contributed by atoms with E-state index < -0.39 is 0 Å². The molecule has 0 saturated heterocycles. The number of aryl methyl sites for hydroxylation is 1. The zero-order valence-corrected chi connectivity index (χ0v) is 17.8. The van der Waals surface area contributed by atoms with Crippen molar-refractivity contribution in [3.05, 3.63) is 103 Å². The lowest BCUT2D eigenvalue weighted by Crippen LogP contribution is -1.94. The van der Waals surface area contributed by atoms with Crippen LogP contribution in [0, 0.1) is 6.92 Å². The summed E-state index contributed by atoms with van der Waals surface area (Å²) < 4.78 is 0. The Morgan fingerprint density at radius 1 is 0.500 bits per heavy atom. The van der Waals surface area contributed by atoms with Crippen LogP contribution in [0.5, 0.6) is 0 Å². The molecule has 0 bridgehead atoms. The molecule has 0 aliphatic carbocycles. The summed E-state index contributed by atoms with van der Waals surface area (Å²) in [6.45, 7) is 6.12. The molecule has 5 rings (SSSR count). The quantitative estimate of drug-likeness (QED) is 0.302. The molecular weight excluding hydrogens is 362 g/mol. The lowest BCUT2D eigenvalue weighted by Gasteiger charge is -2.13. The molecule has 5 aromatic rings. The van der Waals surface area contributed by atoms with E-state index >= 15 is 0 Å². The second-order valence-electron chi connectivity index (χ2n) is 7.39. The van der Waals surface area contributed by atoms with Crippen LogP contribution in [-0.2, 0) is 0 Å². The third-order valence-electron chi connectivity index (χ3n) is 5.47. The number of anilines is 1. The maximum absolute atomic E-state index is 6.66. The van der Waals surface area contributed by atoms with Crippen molar-refractivity contribution in [3.8, 4) is 22.3 Å². The summed E-state index contributed by atoms with van der Waals surface area (Å²) in [6, 6.07) is 34.4. The maximum atomic E-state index is 6.66. The normalized spacial score (nSPS) is 10.6. The standard InChI is InChI=1S/C27H21N.C2H6/c1-18-9-10-22-17-24(14-12-21(22)15-18)26-8-4-7-25(27(26)28)23-13-11-19-5-2-3-6-20(19)16-23;1-2/h2-17H,28H2,1H3;1-2H3. The molecule has 0 unspecified atom stereocenters. The number of nitrogen functional groups attached to an aromatic ring is 1. The van der Waals surface area contributed by atoms with Crippen molar-refractivity contribution < 1.29 is 0 Å². The topological polar surface area (TPSA) is 26.0 Å². The number of nitrogens with two attached hydrogens (primary N) is 1. The summed E-state index contributed by atoms with van der Waals surface area (Å²) in [5, 5.41) is 4.96. The molecule has 5 aromatic carbocycles. The summed E-state index contributed by atoms with van der Waals surface area (Å²) in [4.78, 5) is 0. The highest BCUT2D eigenvalue weighted by Gasteiger charge is 2.10. The fourth-order valence-electron chi connectivity index (χ4n) is 3.96. The number of fused-ring (bicyclic) bond motifs is 2. The van der Waals surface area contributed by atoms with Crippen molar-refractivity contribution in [3.63, 3.8) is 0 Å². The number of benzene rings is 5. The second-order valence-corrected chi connectivity index (χ2v) is 7.39. The first-order valence-electron chi connectivity index (χ1n) is 10.6. The lowest BCUT2D eigenvalue weighted by molar-refractivity contribution is 1.50. The Bertz CT molecular complexity index is 1330. The third kappa shape index (κ3) is 3.67. The smallest absolute Gasteiger partial charge is 0.0473 e. The van der Waals surface area contributed by atoms with E-state index in [1.165, 1.54) is 27.1 Å². The van der Waals surface area contributed by atoms with E-state index in [4.69, 9.17) is 5.73 Å². The van der Waals surface area contributed by atoms with Gasteiger partial charge in [0, 0.05) is 16.8 Å². The Morgan fingerprint density at radius 3 is 1.67 bits per heavy atom. The molecule has 0 heterocycles. The van der Waals surface area contributed by atoms with Crippen LogP contribution in [-0.4, -0.2) is 0 Å². The highest BCUT2D eigenvalue weighted by atomic mass is 14.6. The van der Waals surface area contributed by atoms with Gasteiger partial charge in [-0.1, -0.05) is 104 Å². The Labute approximate surface area is 178 Å². The average Bonchev–Trinajstić information content (AvgIpc) is 2.80. The summed E-state index contributed by atoms with van der Waals surface area (Å²) in [7, 11) is 0. The van der Waals surface area contributed by atoms with Crippen LogP contribution >= 0.6 is 0 Å². The van der Waals surface area contributed by atoms with Crippen molar-refractivity contribution >= 4 is 27.2 Å². The first-order valence-corrected chi connectivity index (χ1v) is 10.6. The van der Waals surface area contributed by atoms with Gasteiger partial charge >= 0.3 is 0 Å². The largest absolute Gasteiger partial charge is 0.398 e. The van der Waals surface area contributed by atoms with Crippen LogP contribution in [0.4, 0.5) is 5.69 Å². The summed E-state index contributed by atoms with van der Waals surface area (Å²) >= 11 is 0. The number of rotatable bonds is 2. The number of hydrogen-bond donors (Lipinski definition) is 1. The molecule has 1 nitrogen and oxygen atoms in total. The zero-order chi connectivity index (χ0) is 21.1. The van der Waals surface area contributed by atoms with Gasteiger partial charge in [0.1, 0.15) is 0 Å². The molecule has 0 fully saturated rings. The predicted molar refractivity (Wildman–Crippen MR) is 133 cm³/mol. The van der Waals surface area contributed by atoms with E-state index in [-0.39, 0.29) is 0 Å². The fourth-order valence-corrected chi connectivity index (χ4v) is 3.96. The van der Waals surface area contributed by atoms with E-state index in [2.05, 4.69) is 104 Å². The second kappa shape index (κ2) is 8.42. The highest BCUT2D eigenvalue weighted by molar-refractivity contribution is 5.95. The van der Waals surface area contributed by atoms with E-state index in [0.717, 1.165) is 27.9 Å². The van der Waals surface area contributed by atoms with Gasteiger partial charge < -0.3 is 5.73 Å². The predicted octanol–water partition coefficient (Wildman–Crippen LogP) is 8.24. The molecular formula is C29H27N. The summed E-state index contributed by atoms with van der Waals surface area (Å²) in [6.07, 6.45) is 0. The molecule has 0 spiro atoms. The van der Waals surface area contributed by atoms with Crippen LogP contribution in [0.2, 0.25) is 0 Å². The summed E-state index contributed by atoms with van der Waals surface area (Å²) in [5.74, 6) is 0. The molecule has 0 aliphatic heterocycles. The molecule has 148 valence electrons. The monoisotopic (exact) mass is 389 g/mol. The van der Waals surface area contributed by atoms with Gasteiger partial charge in [-0.2, -0.15) is 0 Å². The van der Waals surface area contributed by atoms with Crippen LogP contribution in [0.3, 0.4) is 0 Å². The van der Waals surface area contributed by atoms with Gasteiger partial charge in [0.25, 0.3) is 0 Å². The van der Waals surface area contributed by atoms with Gasteiger partial charge in [-0.05, 0) is 51.7 Å². The van der Waals surface area contributed by atoms with Crippen LogP contribution in [0.25, 0.3) is 43.8 Å². The van der Waals surface area contributed by atoms with Crippen molar-refractivity contribution in [1.29, 1.82) is 0 Å². The molecule has 0 amide bonds. The molecule has 0 aliphatic rings. The van der Waals surface area contributed by atoms with E-state index in [0.29, 0.717) is 0 Å².